The third-order valence-corrected chi connectivity index (χ3v) is 18.9. The molecule has 0 radical (unpaired) electrons. The van der Waals surface area contributed by atoms with Gasteiger partial charge in [0.25, 0.3) is 0 Å². The van der Waals surface area contributed by atoms with Gasteiger partial charge in [0.15, 0.2) is 5.96 Å². The van der Waals surface area contributed by atoms with Crippen LogP contribution in [-0.2, 0) is 94.3 Å². The number of thioether (sulfide) groups is 3. The Labute approximate surface area is 665 Å². The number of aliphatic hydroxyl groups is 1. The van der Waals surface area contributed by atoms with Crippen LogP contribution in [0.1, 0.15) is 112 Å². The molecule has 15 amide bonds. The number of carboxylic acids is 2. The topological polar surface area (TPSA) is 650 Å². The number of rotatable bonds is 52. The average molecular weight is 1650 g/mol. The van der Waals surface area contributed by atoms with Gasteiger partial charge in [0.2, 0.25) is 88.6 Å². The van der Waals surface area contributed by atoms with Crippen LogP contribution < -0.4 is 91.6 Å². The van der Waals surface area contributed by atoms with E-state index in [-0.39, 0.29) is 91.2 Å². The third-order valence-electron chi connectivity index (χ3n) is 16.5. The Morgan fingerprint density at radius 3 is 1.12 bits per heavy atom. The second kappa shape index (κ2) is 51.0. The van der Waals surface area contributed by atoms with Gasteiger partial charge in [0.1, 0.15) is 84.0 Å². The lowest BCUT2D eigenvalue weighted by atomic mass is 9.99. The minimum absolute atomic E-state index is 0.0121. The van der Waals surface area contributed by atoms with Gasteiger partial charge in [-0.1, -0.05) is 65.8 Å². The maximum absolute atomic E-state index is 14.6. The van der Waals surface area contributed by atoms with Gasteiger partial charge in [-0.05, 0) is 90.8 Å². The number of primary amides is 1. The predicted molar refractivity (Wildman–Crippen MR) is 418 cm³/mol. The molecule has 43 heteroatoms. The fraction of sp³-hybridized carbons (Fsp3) is 0.571. The highest BCUT2D eigenvalue weighted by Gasteiger charge is 2.39. The first-order chi connectivity index (χ1) is 53.1. The molecule has 0 saturated heterocycles. The van der Waals surface area contributed by atoms with Gasteiger partial charge in [-0.2, -0.15) is 11.8 Å². The first-order valence-corrected chi connectivity index (χ1v) is 39.5. The third kappa shape index (κ3) is 38.4. The van der Waals surface area contributed by atoms with Crippen LogP contribution in [0.25, 0.3) is 0 Å². The zero-order chi connectivity index (χ0) is 85.4. The molecular weight excluding hydrogens is 1540 g/mol. The van der Waals surface area contributed by atoms with Gasteiger partial charge in [-0.3, -0.25) is 86.5 Å². The number of phenolic OH excluding ortho intramolecular Hbond substituents is 2. The number of amides is 15. The van der Waals surface area contributed by atoms with E-state index >= 15 is 0 Å². The van der Waals surface area contributed by atoms with Crippen molar-refractivity contribution in [2.45, 2.75) is 186 Å². The number of nitrogens with zero attached hydrogens (tertiary/aromatic N) is 1. The van der Waals surface area contributed by atoms with Crippen LogP contribution in [-0.4, -0.2) is 253 Å². The molecule has 12 atom stereocenters. The molecule has 0 aromatic heterocycles. The molecule has 0 aliphatic rings. The zero-order valence-electron chi connectivity index (χ0n) is 64.5. The summed E-state index contributed by atoms with van der Waals surface area (Å²) in [6.45, 7) is 11.3. The predicted octanol–water partition coefficient (Wildman–Crippen LogP) is -5.03. The SMILES string of the molecule is CSCC[C@H](NC(=O)[C@H](CSCNC(C)=O)NC(C)=O)C(=O)N[C@@H](Cc1ccc(O)cc1)C(=O)N[C@H](C(=O)N[C@@H](CCC(=O)O)C(=O)N[C@@H](CO)C(=O)N[C@H](C(=O)N[C@@H](CC(=O)O)C(=O)N[C@@H](CCCN=C(N)N)C(=O)N[C@@H](Cc1ccc(O)cc1)C(=O)N[C@H](C(=O)N[C@@H](CSCNC(C)=O)C(N)=O)C(C)C)C(C)C)C(C)C. The lowest BCUT2D eigenvalue weighted by molar-refractivity contribution is -0.142. The highest BCUT2D eigenvalue weighted by atomic mass is 32.2. The van der Waals surface area contributed by atoms with Crippen LogP contribution in [0.15, 0.2) is 53.5 Å². The van der Waals surface area contributed by atoms with E-state index < -0.39 is 205 Å². The number of carbonyl (C=O) groups is 17. The summed E-state index contributed by atoms with van der Waals surface area (Å²) in [5.74, 6) is -19.9. The normalized spacial score (nSPS) is 14.2. The number of carboxylic acid groups (broad SMARTS) is 2. The van der Waals surface area contributed by atoms with Crippen molar-refractivity contribution in [2.75, 3.05) is 48.4 Å². The molecule has 628 valence electrons. The van der Waals surface area contributed by atoms with E-state index in [1.165, 1.54) is 109 Å². The Balaban J connectivity index is 2.53. The molecule has 0 aliphatic heterocycles. The Hall–Kier alpha value is -10.7. The highest BCUT2D eigenvalue weighted by molar-refractivity contribution is 7.99. The van der Waals surface area contributed by atoms with Crippen LogP contribution in [0.2, 0.25) is 0 Å². The molecule has 0 spiro atoms. The Bertz CT molecular complexity index is 3630. The number of aliphatic hydroxyl groups excluding tert-OH is 1. The second-order valence-corrected chi connectivity index (χ2v) is 30.1. The molecule has 113 heavy (non-hydrogen) atoms. The van der Waals surface area contributed by atoms with Crippen LogP contribution in [0.4, 0.5) is 0 Å². The monoisotopic (exact) mass is 1650 g/mol. The first-order valence-electron chi connectivity index (χ1n) is 35.8. The quantitative estimate of drug-likeness (QED) is 0.0128. The number of phenols is 2. The van der Waals surface area contributed by atoms with Gasteiger partial charge in [-0.25, -0.2) is 0 Å². The fourth-order valence-electron chi connectivity index (χ4n) is 10.3. The van der Waals surface area contributed by atoms with Crippen molar-refractivity contribution in [3.63, 3.8) is 0 Å². The summed E-state index contributed by atoms with van der Waals surface area (Å²) >= 11 is 3.49. The molecular formula is C70H108N18O22S3. The van der Waals surface area contributed by atoms with Gasteiger partial charge in [0, 0.05) is 58.1 Å². The van der Waals surface area contributed by atoms with Gasteiger partial charge >= 0.3 is 11.9 Å². The largest absolute Gasteiger partial charge is 0.508 e. The number of benzene rings is 2. The Morgan fingerprint density at radius 1 is 0.407 bits per heavy atom. The van der Waals surface area contributed by atoms with Crippen molar-refractivity contribution < 1.29 is 107 Å². The van der Waals surface area contributed by atoms with E-state index in [1.54, 1.807) is 20.1 Å². The van der Waals surface area contributed by atoms with Crippen LogP contribution >= 0.6 is 35.3 Å². The summed E-state index contributed by atoms with van der Waals surface area (Å²) in [6.07, 6.45) is -1.89. The maximum atomic E-state index is 14.6. The number of guanidine groups is 1. The number of aliphatic carboxylic acids is 2. The molecule has 0 saturated carbocycles. The van der Waals surface area contributed by atoms with Crippen LogP contribution in [0.5, 0.6) is 11.5 Å². The summed E-state index contributed by atoms with van der Waals surface area (Å²) in [4.78, 5) is 232. The summed E-state index contributed by atoms with van der Waals surface area (Å²) < 4.78 is 0. The van der Waals surface area contributed by atoms with E-state index in [0.717, 1.165) is 23.5 Å². The molecule has 2 aromatic rings. The zero-order valence-corrected chi connectivity index (χ0v) is 66.9. The van der Waals surface area contributed by atoms with Gasteiger partial charge in [-0.15, -0.1) is 23.5 Å². The number of nitrogens with two attached hydrogens (primary N) is 3. The molecule has 25 N–H and O–H groups in total. The minimum Gasteiger partial charge on any atom is -0.508 e. The molecule has 40 nitrogen and oxygen atoms in total. The molecule has 0 heterocycles. The standard InChI is InChI=1S/C70H108N18O22S3/c1-34(2)55(86-64(105)48(27-41-15-19-43(94)20-16-41)82-61(102)46(23-25-111-10)79-66(107)52(77-39(9)92)31-113-33-76-38(8)91)67(108)80-45(21-22-53(95)96)60(101)84-50(29-89)65(106)88-56(35(3)4)68(109)83-49(28-54(97)98)62(103)78-44(12-11-24-74-70(72)73)59(100)81-47(26-40-13-17-42(93)18-14-40)63(104)87-57(36(5)6)69(110)85-51(58(71)99)30-112-32-75-37(7)90/h13-20,34-36,44-52,55-57,89,93-94H,11-12,21-33H2,1-10H3,(H2,71,99)(H,75,90)(H,76,91)(H,77,92)(H,78,103)(H,79,107)(H,80,108)(H,81,100)(H,82,102)(H,83,109)(H,84,101)(H,85,110)(H,86,105)(H,87,104)(H,88,106)(H,95,96)(H,97,98)(H4,72,73,74)/t44-,45-,46-,47-,48-,49-,50-,51-,52-,55-,56-,57-/m0/s1. The van der Waals surface area contributed by atoms with Gasteiger partial charge in [0.05, 0.1) is 24.8 Å². The summed E-state index contributed by atoms with van der Waals surface area (Å²) in [5.41, 5.74) is 17.4. The van der Waals surface area contributed by atoms with E-state index in [2.05, 4.69) is 79.4 Å². The van der Waals surface area contributed by atoms with Crippen LogP contribution in [0.3, 0.4) is 0 Å². The number of carbonyl (C=O) groups excluding carboxylic acids is 15. The first kappa shape index (κ1) is 98.4. The van der Waals surface area contributed by atoms with Gasteiger partial charge < -0.3 is 117 Å². The van der Waals surface area contributed by atoms with E-state index in [0.29, 0.717) is 16.9 Å². The van der Waals surface area contributed by atoms with Crippen molar-refractivity contribution in [2.24, 2.45) is 39.9 Å². The number of aliphatic imine (C=N–C) groups is 1. The summed E-state index contributed by atoms with van der Waals surface area (Å²) in [6, 6.07) is -8.32. The lowest BCUT2D eigenvalue weighted by Crippen LogP contribution is -2.62. The van der Waals surface area contributed by atoms with Crippen molar-refractivity contribution in [3.8, 4) is 11.5 Å². The highest BCUT2D eigenvalue weighted by Crippen LogP contribution is 2.18. The Kier molecular flexibility index (Phi) is 44.4. The van der Waals surface area contributed by atoms with E-state index in [1.807, 2.05) is 0 Å². The minimum atomic E-state index is -2.06. The van der Waals surface area contributed by atoms with Crippen molar-refractivity contribution in [1.29, 1.82) is 0 Å². The molecule has 2 aromatic carbocycles. The smallest absolute Gasteiger partial charge is 0.305 e. The number of hydrogen-bond donors (Lipinski definition) is 22. The summed E-state index contributed by atoms with van der Waals surface area (Å²) in [7, 11) is 0. The van der Waals surface area contributed by atoms with E-state index in [9.17, 15) is 107 Å². The van der Waals surface area contributed by atoms with Crippen molar-refractivity contribution >= 4 is 142 Å². The Morgan fingerprint density at radius 2 is 0.752 bits per heavy atom. The van der Waals surface area contributed by atoms with E-state index in [4.69, 9.17) is 17.2 Å². The number of nitrogens with one attached hydrogen (secondary N) is 14. The average Bonchev–Trinajstić information content (AvgIpc) is 0.825. The van der Waals surface area contributed by atoms with Crippen molar-refractivity contribution in [3.05, 3.63) is 59.7 Å². The summed E-state index contributed by atoms with van der Waals surface area (Å²) in [5, 5.41) is 85.1. The molecule has 0 aliphatic carbocycles. The molecule has 2 rings (SSSR count). The maximum Gasteiger partial charge on any atom is 0.305 e. The number of aromatic hydroxyl groups is 2. The molecule has 0 unspecified atom stereocenters. The van der Waals surface area contributed by atoms with Crippen LogP contribution in [0, 0.1) is 17.8 Å². The second-order valence-electron chi connectivity index (χ2n) is 27.0. The fourth-order valence-corrected chi connectivity index (χ4v) is 12.6. The molecule has 0 bridgehead atoms. The van der Waals surface area contributed by atoms with Crippen molar-refractivity contribution in [1.82, 2.24) is 74.4 Å². The number of hydrogen-bond acceptors (Lipinski definition) is 24. The lowest BCUT2D eigenvalue weighted by Gasteiger charge is -2.29. The molecule has 0 fully saturated rings.